The molecule has 0 fully saturated rings. The molecule has 3 heterocycles. The second-order valence-electron chi connectivity index (χ2n) is 6.77. The maximum absolute atomic E-state index is 13.7. The van der Waals surface area contributed by atoms with Crippen LogP contribution in [0.2, 0.25) is 5.02 Å². The van der Waals surface area contributed by atoms with Crippen LogP contribution >= 0.6 is 34.3 Å². The van der Waals surface area contributed by atoms with Crippen LogP contribution in [0.1, 0.15) is 22.4 Å². The monoisotopic (exact) mass is 468 g/mol. The fourth-order valence-electron chi connectivity index (χ4n) is 3.32. The zero-order valence-electron chi connectivity index (χ0n) is 16.5. The largest absolute Gasteiger partial charge is 0.494 e. The molecule has 0 aliphatic carbocycles. The van der Waals surface area contributed by atoms with Gasteiger partial charge in [-0.25, -0.2) is 4.98 Å². The zero-order valence-corrected chi connectivity index (χ0v) is 18.9. The van der Waals surface area contributed by atoms with Gasteiger partial charge in [0, 0.05) is 10.1 Å². The number of furan rings is 1. The van der Waals surface area contributed by atoms with Gasteiger partial charge in [-0.05, 0) is 43.3 Å². The van der Waals surface area contributed by atoms with Crippen molar-refractivity contribution in [2.75, 3.05) is 11.5 Å². The van der Waals surface area contributed by atoms with Crippen molar-refractivity contribution in [2.45, 2.75) is 13.5 Å². The highest BCUT2D eigenvalue weighted by molar-refractivity contribution is 7.23. The second-order valence-corrected chi connectivity index (χ2v) is 9.21. The standard InChI is InChI=1S/C23H17ClN2O3S2/c1-2-28-14-9-10-17-19(12-14)31-23(25-17)26(13-15-6-5-11-29-15)22(27)21-20(24)16-7-3-4-8-18(16)30-21/h3-12H,2,13H2,1H3. The Morgan fingerprint density at radius 2 is 2.00 bits per heavy atom. The number of carbonyl (C=O) groups excluding carboxylic acids is 1. The van der Waals surface area contributed by atoms with Gasteiger partial charge < -0.3 is 9.15 Å². The van der Waals surface area contributed by atoms with Gasteiger partial charge in [-0.2, -0.15) is 0 Å². The third-order valence-corrected chi connectivity index (χ3v) is 7.46. The fourth-order valence-corrected chi connectivity index (χ4v) is 5.78. The number of aromatic nitrogens is 1. The Labute approximate surface area is 191 Å². The van der Waals surface area contributed by atoms with E-state index in [1.165, 1.54) is 22.7 Å². The van der Waals surface area contributed by atoms with Crippen molar-refractivity contribution in [3.8, 4) is 5.75 Å². The Hall–Kier alpha value is -2.87. The van der Waals surface area contributed by atoms with E-state index in [1.807, 2.05) is 55.5 Å². The summed E-state index contributed by atoms with van der Waals surface area (Å²) in [6, 6.07) is 17.1. The molecule has 5 aromatic rings. The van der Waals surface area contributed by atoms with E-state index in [2.05, 4.69) is 0 Å². The van der Waals surface area contributed by atoms with Crippen LogP contribution < -0.4 is 9.64 Å². The topological polar surface area (TPSA) is 55.6 Å². The third kappa shape index (κ3) is 3.80. The van der Waals surface area contributed by atoms with Gasteiger partial charge in [0.2, 0.25) is 0 Å². The number of anilines is 1. The smallest absolute Gasteiger partial charge is 0.272 e. The van der Waals surface area contributed by atoms with E-state index in [1.54, 1.807) is 17.2 Å². The molecule has 156 valence electrons. The summed E-state index contributed by atoms with van der Waals surface area (Å²) < 4.78 is 13.0. The van der Waals surface area contributed by atoms with Gasteiger partial charge in [-0.15, -0.1) is 11.3 Å². The lowest BCUT2D eigenvalue weighted by molar-refractivity contribution is 0.0987. The molecule has 0 saturated carbocycles. The summed E-state index contributed by atoms with van der Waals surface area (Å²) in [4.78, 5) is 20.5. The van der Waals surface area contributed by atoms with Crippen molar-refractivity contribution in [1.29, 1.82) is 0 Å². The number of thiazole rings is 1. The molecule has 3 aromatic heterocycles. The molecule has 0 atom stereocenters. The Morgan fingerprint density at radius 1 is 1.13 bits per heavy atom. The number of halogens is 1. The van der Waals surface area contributed by atoms with Gasteiger partial charge in [0.15, 0.2) is 5.13 Å². The summed E-state index contributed by atoms with van der Waals surface area (Å²) >= 11 is 9.43. The van der Waals surface area contributed by atoms with E-state index >= 15 is 0 Å². The second kappa shape index (κ2) is 8.34. The number of hydrogen-bond donors (Lipinski definition) is 0. The maximum atomic E-state index is 13.7. The normalized spacial score (nSPS) is 11.3. The first-order valence-electron chi connectivity index (χ1n) is 9.68. The summed E-state index contributed by atoms with van der Waals surface area (Å²) in [5, 5.41) is 1.93. The minimum atomic E-state index is -0.202. The summed E-state index contributed by atoms with van der Waals surface area (Å²) in [7, 11) is 0. The fraction of sp³-hybridized carbons (Fsp3) is 0.130. The molecule has 0 spiro atoms. The van der Waals surface area contributed by atoms with Crippen molar-refractivity contribution in [1.82, 2.24) is 4.98 Å². The maximum Gasteiger partial charge on any atom is 0.272 e. The van der Waals surface area contributed by atoms with Crippen LogP contribution in [-0.4, -0.2) is 17.5 Å². The molecule has 0 radical (unpaired) electrons. The van der Waals surface area contributed by atoms with Gasteiger partial charge in [0.05, 0.1) is 34.7 Å². The number of ether oxygens (including phenoxy) is 1. The molecule has 31 heavy (non-hydrogen) atoms. The van der Waals surface area contributed by atoms with E-state index in [0.717, 1.165) is 26.1 Å². The average Bonchev–Trinajstić information content (AvgIpc) is 3.51. The predicted molar refractivity (Wildman–Crippen MR) is 127 cm³/mol. The van der Waals surface area contributed by atoms with E-state index in [4.69, 9.17) is 25.7 Å². The van der Waals surface area contributed by atoms with Crippen LogP contribution in [0, 0.1) is 0 Å². The van der Waals surface area contributed by atoms with Gasteiger partial charge in [-0.3, -0.25) is 9.69 Å². The molecular weight excluding hydrogens is 452 g/mol. The first-order valence-corrected chi connectivity index (χ1v) is 11.7. The minimum absolute atomic E-state index is 0.202. The van der Waals surface area contributed by atoms with Crippen molar-refractivity contribution < 1.29 is 13.9 Å². The average molecular weight is 469 g/mol. The number of thiophene rings is 1. The van der Waals surface area contributed by atoms with Crippen molar-refractivity contribution in [3.05, 3.63) is 76.5 Å². The SMILES string of the molecule is CCOc1ccc2nc(N(Cc3ccco3)C(=O)c3sc4ccccc4c3Cl)sc2c1. The van der Waals surface area contributed by atoms with E-state index in [0.29, 0.717) is 27.4 Å². The summed E-state index contributed by atoms with van der Waals surface area (Å²) in [5.41, 5.74) is 0.808. The number of amides is 1. The molecule has 5 nitrogen and oxygen atoms in total. The van der Waals surface area contributed by atoms with E-state index in [9.17, 15) is 4.79 Å². The Bertz CT molecular complexity index is 1370. The van der Waals surface area contributed by atoms with Gasteiger partial charge in [-0.1, -0.05) is 41.1 Å². The quantitative estimate of drug-likeness (QED) is 0.269. The Morgan fingerprint density at radius 3 is 2.77 bits per heavy atom. The molecular formula is C23H17ClN2O3S2. The lowest BCUT2D eigenvalue weighted by Crippen LogP contribution is -2.29. The number of hydrogen-bond acceptors (Lipinski definition) is 6. The molecule has 0 unspecified atom stereocenters. The Balaban J connectivity index is 1.59. The molecule has 5 rings (SSSR count). The lowest BCUT2D eigenvalue weighted by Gasteiger charge is -2.18. The third-order valence-electron chi connectivity index (χ3n) is 4.76. The lowest BCUT2D eigenvalue weighted by atomic mass is 10.2. The predicted octanol–water partition coefficient (Wildman–Crippen LogP) is 7.00. The number of benzene rings is 2. The van der Waals surface area contributed by atoms with E-state index in [-0.39, 0.29) is 12.5 Å². The minimum Gasteiger partial charge on any atom is -0.494 e. The van der Waals surface area contributed by atoms with Crippen LogP contribution in [-0.2, 0) is 6.54 Å². The van der Waals surface area contributed by atoms with Gasteiger partial charge in [0.25, 0.3) is 5.91 Å². The number of fused-ring (bicyclic) bond motifs is 2. The van der Waals surface area contributed by atoms with Gasteiger partial charge in [0.1, 0.15) is 16.4 Å². The molecule has 1 amide bonds. The summed E-state index contributed by atoms with van der Waals surface area (Å²) in [5.74, 6) is 1.24. The molecule has 0 aliphatic rings. The van der Waals surface area contributed by atoms with Crippen LogP contribution in [0.25, 0.3) is 20.3 Å². The van der Waals surface area contributed by atoms with Crippen molar-refractivity contribution >= 4 is 65.6 Å². The highest BCUT2D eigenvalue weighted by Gasteiger charge is 2.27. The summed E-state index contributed by atoms with van der Waals surface area (Å²) in [6.45, 7) is 2.79. The molecule has 8 heteroatoms. The molecule has 2 aromatic carbocycles. The first-order chi connectivity index (χ1) is 15.1. The van der Waals surface area contributed by atoms with Crippen molar-refractivity contribution in [2.24, 2.45) is 0 Å². The molecule has 0 bridgehead atoms. The van der Waals surface area contributed by atoms with Crippen LogP contribution in [0.4, 0.5) is 5.13 Å². The highest BCUT2D eigenvalue weighted by Crippen LogP contribution is 2.38. The van der Waals surface area contributed by atoms with Crippen LogP contribution in [0.15, 0.2) is 65.3 Å². The van der Waals surface area contributed by atoms with Crippen molar-refractivity contribution in [3.63, 3.8) is 0 Å². The van der Waals surface area contributed by atoms with E-state index < -0.39 is 0 Å². The zero-order chi connectivity index (χ0) is 21.4. The van der Waals surface area contributed by atoms with Crippen LogP contribution in [0.5, 0.6) is 5.75 Å². The number of rotatable bonds is 6. The Kier molecular flexibility index (Phi) is 5.40. The molecule has 0 aliphatic heterocycles. The molecule has 0 saturated heterocycles. The summed E-state index contributed by atoms with van der Waals surface area (Å²) in [6.07, 6.45) is 1.59. The number of carbonyl (C=O) groups is 1. The highest BCUT2D eigenvalue weighted by atomic mass is 35.5. The molecule has 0 N–H and O–H groups in total. The van der Waals surface area contributed by atoms with Gasteiger partial charge >= 0.3 is 0 Å². The first kappa shape index (κ1) is 20.1. The number of nitrogens with zero attached hydrogens (tertiary/aromatic N) is 2. The van der Waals surface area contributed by atoms with Crippen LogP contribution in [0.3, 0.4) is 0 Å².